The third kappa shape index (κ3) is 17.4. The van der Waals surface area contributed by atoms with Crippen molar-refractivity contribution in [3.8, 4) is 35.1 Å². The monoisotopic (exact) mass is 1420 g/mol. The first-order chi connectivity index (χ1) is 48.3. The number of hydrogen-bond acceptors (Lipinski definition) is 22. The number of esters is 1. The zero-order chi connectivity index (χ0) is 72.0. The van der Waals surface area contributed by atoms with E-state index in [2.05, 4.69) is 152 Å². The normalized spacial score (nSPS) is 21.3. The first kappa shape index (κ1) is 78.3. The number of nitriles is 2. The number of piperidine rings is 2. The molecule has 0 radical (unpaired) electrons. The molecule has 2 aliphatic carbocycles. The Hall–Kier alpha value is -8.82. The molecule has 0 unspecified atom stereocenters. The van der Waals surface area contributed by atoms with Crippen LogP contribution in [0.15, 0.2) is 110 Å². The number of amides is 2. The summed E-state index contributed by atoms with van der Waals surface area (Å²) in [5.74, 6) is 3.30. The maximum atomic E-state index is 13.5. The SMILES string of the molecule is COC(=O)c1cnc(N2CCN(CC3CCN(c4ccc(C(=O)NC5C(C)(C)C(Oc6ccc(C#N)c(OC)c6)C5(C)C)cc4)CC3)CC2)cn1.COc1cc(OC2C(C)(C)C(NC(=O)c3ccc(N4CCC(CN5CCN(c6cnc(C(=O)O)cn6)CC5)CC4)cc3)C2(C)C)ccc1C#N.[Na+].[OH-]. The molecule has 4 saturated heterocycles. The first-order valence-corrected chi connectivity index (χ1v) is 35.1. The van der Waals surface area contributed by atoms with Crippen LogP contribution >= 0.6 is 0 Å². The summed E-state index contributed by atoms with van der Waals surface area (Å²) in [7, 11) is 4.42. The quantitative estimate of drug-likeness (QED) is 0.0555. The number of piperazine rings is 2. The molecule has 6 fully saturated rings. The number of aromatic carboxylic acids is 1. The Balaban J connectivity index is 0.000000235. The number of anilines is 4. The minimum absolute atomic E-state index is 0. The number of carboxylic acids is 1. The van der Waals surface area contributed by atoms with Crippen LogP contribution in [-0.2, 0) is 4.74 Å². The van der Waals surface area contributed by atoms with E-state index in [9.17, 15) is 29.7 Å². The number of methoxy groups -OCH3 is 3. The second-order valence-corrected chi connectivity index (χ2v) is 29.9. The summed E-state index contributed by atoms with van der Waals surface area (Å²) in [5, 5.41) is 34.3. The van der Waals surface area contributed by atoms with Gasteiger partial charge >= 0.3 is 41.5 Å². The third-order valence-electron chi connectivity index (χ3n) is 21.9. The molecule has 0 spiro atoms. The fourth-order valence-corrected chi connectivity index (χ4v) is 16.7. The predicted molar refractivity (Wildman–Crippen MR) is 386 cm³/mol. The number of benzene rings is 4. The Kier molecular flexibility index (Phi) is 25.3. The number of hydrogen-bond donors (Lipinski definition) is 3. The molecule has 6 heterocycles. The van der Waals surface area contributed by atoms with Gasteiger partial charge in [0.15, 0.2) is 11.4 Å². The van der Waals surface area contributed by atoms with Gasteiger partial charge in [-0.1, -0.05) is 55.4 Å². The van der Waals surface area contributed by atoms with E-state index in [0.29, 0.717) is 57.1 Å². The van der Waals surface area contributed by atoms with Crippen molar-refractivity contribution in [2.75, 3.05) is 133 Å². The molecule has 4 aromatic carbocycles. The van der Waals surface area contributed by atoms with E-state index in [1.54, 1.807) is 55.9 Å². The second kappa shape index (κ2) is 33.3. The molecule has 103 heavy (non-hydrogen) atoms. The van der Waals surface area contributed by atoms with Crippen LogP contribution in [0, 0.1) is 56.2 Å². The summed E-state index contributed by atoms with van der Waals surface area (Å²) in [6.45, 7) is 30.3. The first-order valence-electron chi connectivity index (χ1n) is 35.1. The summed E-state index contributed by atoms with van der Waals surface area (Å²) in [4.78, 5) is 80.8. The van der Waals surface area contributed by atoms with Gasteiger partial charge < -0.3 is 64.5 Å². The van der Waals surface area contributed by atoms with E-state index in [0.717, 1.165) is 140 Å². The Morgan fingerprint density at radius 2 is 0.854 bits per heavy atom. The van der Waals surface area contributed by atoms with Crippen molar-refractivity contribution in [2.24, 2.45) is 33.5 Å². The Labute approximate surface area is 626 Å². The minimum Gasteiger partial charge on any atom is -0.870 e. The largest absolute Gasteiger partial charge is 1.00 e. The van der Waals surface area contributed by atoms with Gasteiger partial charge in [0.05, 0.1) is 57.2 Å². The summed E-state index contributed by atoms with van der Waals surface area (Å²) in [6, 6.07) is 30.5. The van der Waals surface area contributed by atoms with Gasteiger partial charge in [0, 0.05) is 160 Å². The summed E-state index contributed by atoms with van der Waals surface area (Å²) < 4.78 is 28.3. The van der Waals surface area contributed by atoms with Crippen LogP contribution < -0.4 is 78.7 Å². The Morgan fingerprint density at radius 3 is 1.17 bits per heavy atom. The summed E-state index contributed by atoms with van der Waals surface area (Å²) in [5.41, 5.74) is 3.34. The van der Waals surface area contributed by atoms with Crippen LogP contribution in [0.1, 0.15) is 134 Å². The standard InChI is InChI=1S/C39H49N7O5.C38H47N7O5.Na.H2O/c1-38(2)36(39(3,4)37(38)51-30-12-9-28(22-40)32(21-30)49-5)43-34(47)27-7-10-29(11-8-27)45-15-13-26(14-16-45)25-44-17-19-46(20-18-44)33-24-41-31(23-42-33)35(48)50-6;1-37(2)35(38(3,4)36(37)50-29-11-8-27(21-39)31(20-29)49-5)42-33(46)26-6-9-28(10-7-26)44-14-12-25(13-15-44)24-43-16-18-45(19-17-43)32-23-40-30(22-41-32)34(47)48;;/h7-12,21,23-24,26,36-37H,13-20,25H2,1-6H3,(H,43,47);6-11,20,22-23,25,35-36H,12-19,24H2,1-5H3,(H,42,46)(H,47,48);;1H2/q;;+1;/p-1. The second-order valence-electron chi connectivity index (χ2n) is 29.9. The van der Waals surface area contributed by atoms with E-state index < -0.39 is 11.9 Å². The van der Waals surface area contributed by atoms with E-state index in [4.69, 9.17) is 28.8 Å². The molecule has 2 saturated carbocycles. The number of nitrogens with zero attached hydrogens (tertiary/aromatic N) is 12. The number of ether oxygens (including phenoxy) is 5. The average Bonchev–Trinajstić information content (AvgIpc) is 0.714. The van der Waals surface area contributed by atoms with Crippen LogP contribution in [0.3, 0.4) is 0 Å². The van der Waals surface area contributed by atoms with Crippen LogP contribution in [-0.4, -0.2) is 201 Å². The third-order valence-corrected chi connectivity index (χ3v) is 21.9. The molecule has 2 aromatic heterocycles. The average molecular weight is 1420 g/mol. The van der Waals surface area contributed by atoms with E-state index in [1.807, 2.05) is 24.3 Å². The molecular formula is C77H97N14NaO11. The van der Waals surface area contributed by atoms with Crippen molar-refractivity contribution >= 4 is 46.8 Å². The molecule has 26 heteroatoms. The van der Waals surface area contributed by atoms with Gasteiger partial charge in [-0.25, -0.2) is 29.5 Å². The Bertz CT molecular complexity index is 3950. The van der Waals surface area contributed by atoms with Crippen molar-refractivity contribution in [1.82, 2.24) is 40.4 Å². The molecular weight excluding hydrogens is 1320 g/mol. The zero-order valence-electron chi connectivity index (χ0n) is 61.5. The van der Waals surface area contributed by atoms with Crippen LogP contribution in [0.2, 0.25) is 0 Å². The van der Waals surface area contributed by atoms with E-state index in [1.165, 1.54) is 26.6 Å². The maximum absolute atomic E-state index is 13.5. The Morgan fingerprint density at radius 1 is 0.495 bits per heavy atom. The molecule has 2 amide bonds. The smallest absolute Gasteiger partial charge is 0.870 e. The molecule has 12 rings (SSSR count). The number of carbonyl (C=O) groups excluding carboxylic acids is 3. The van der Waals surface area contributed by atoms with Crippen molar-refractivity contribution in [1.29, 1.82) is 10.5 Å². The molecule has 542 valence electrons. The van der Waals surface area contributed by atoms with Gasteiger partial charge in [-0.3, -0.25) is 19.4 Å². The number of nitrogens with one attached hydrogen (secondary N) is 2. The summed E-state index contributed by atoms with van der Waals surface area (Å²) >= 11 is 0. The van der Waals surface area contributed by atoms with Gasteiger partial charge in [-0.15, -0.1) is 0 Å². The number of carboxylic acid groups (broad SMARTS) is 1. The molecule has 25 nitrogen and oxygen atoms in total. The number of carbonyl (C=O) groups is 4. The van der Waals surface area contributed by atoms with Gasteiger partial charge in [-0.05, 0) is 110 Å². The number of rotatable bonds is 20. The molecule has 6 aromatic rings. The minimum atomic E-state index is -1.07. The molecule has 4 N–H and O–H groups in total. The number of aromatic nitrogens is 4. The fraction of sp³-hybridized carbons (Fsp3) is 0.506. The predicted octanol–water partition coefficient (Wildman–Crippen LogP) is 6.33. The van der Waals surface area contributed by atoms with Crippen molar-refractivity contribution in [3.63, 3.8) is 0 Å². The fourth-order valence-electron chi connectivity index (χ4n) is 16.7. The van der Waals surface area contributed by atoms with Gasteiger partial charge in [-0.2, -0.15) is 10.5 Å². The van der Waals surface area contributed by atoms with E-state index in [-0.39, 0.29) is 104 Å². The zero-order valence-corrected chi connectivity index (χ0v) is 63.5. The molecule has 6 aliphatic rings. The van der Waals surface area contributed by atoms with Crippen LogP contribution in [0.25, 0.3) is 0 Å². The van der Waals surface area contributed by atoms with Gasteiger partial charge in [0.2, 0.25) is 0 Å². The van der Waals surface area contributed by atoms with Crippen molar-refractivity contribution in [3.05, 3.63) is 143 Å². The van der Waals surface area contributed by atoms with Crippen molar-refractivity contribution in [2.45, 2.75) is 105 Å². The van der Waals surface area contributed by atoms with Gasteiger partial charge in [0.25, 0.3) is 11.8 Å². The van der Waals surface area contributed by atoms with Gasteiger partial charge in [0.1, 0.15) is 59.0 Å². The molecule has 0 bridgehead atoms. The van der Waals surface area contributed by atoms with E-state index >= 15 is 0 Å². The van der Waals surface area contributed by atoms with Crippen LogP contribution in [0.4, 0.5) is 23.0 Å². The summed E-state index contributed by atoms with van der Waals surface area (Å²) in [6.07, 6.45) is 10.2. The van der Waals surface area contributed by atoms with Crippen LogP contribution in [0.5, 0.6) is 23.0 Å². The molecule has 4 aliphatic heterocycles. The maximum Gasteiger partial charge on any atom is 1.00 e. The topological polar surface area (TPSA) is 307 Å². The molecule has 0 atom stereocenters. The van der Waals surface area contributed by atoms with Crippen molar-refractivity contribution < 1.29 is 83.0 Å².